The van der Waals surface area contributed by atoms with Gasteiger partial charge in [0.25, 0.3) is 0 Å². The van der Waals surface area contributed by atoms with Crippen molar-refractivity contribution in [1.82, 2.24) is 10.6 Å². The zero-order valence-electron chi connectivity index (χ0n) is 33.0. The van der Waals surface area contributed by atoms with Crippen molar-refractivity contribution in [2.24, 2.45) is 22.7 Å². The first-order valence-electron chi connectivity index (χ1n) is 20.6. The first-order valence-corrected chi connectivity index (χ1v) is 20.6. The van der Waals surface area contributed by atoms with E-state index in [4.69, 9.17) is 0 Å². The van der Waals surface area contributed by atoms with Crippen LogP contribution in [0.5, 0.6) is 0 Å². The van der Waals surface area contributed by atoms with E-state index in [0.29, 0.717) is 33.5 Å². The van der Waals surface area contributed by atoms with Crippen LogP contribution in [0.15, 0.2) is 60.7 Å². The van der Waals surface area contributed by atoms with Crippen molar-refractivity contribution in [1.29, 1.82) is 0 Å². The molecule has 0 heterocycles. The minimum Gasteiger partial charge on any atom is -0.312 e. The van der Waals surface area contributed by atoms with Crippen LogP contribution >= 0.6 is 0 Å². The summed E-state index contributed by atoms with van der Waals surface area (Å²) in [4.78, 5) is 0. The summed E-state index contributed by atoms with van der Waals surface area (Å²) >= 11 is 0. The van der Waals surface area contributed by atoms with Crippen molar-refractivity contribution in [2.45, 2.75) is 155 Å². The summed E-state index contributed by atoms with van der Waals surface area (Å²) in [6, 6.07) is 24.4. The van der Waals surface area contributed by atoms with Crippen LogP contribution in [-0.4, -0.2) is 13.1 Å². The molecule has 270 valence electrons. The predicted octanol–water partition coefficient (Wildman–Crippen LogP) is 11.5. The number of nitrogens with one attached hydrogen (secondary N) is 2. The fraction of sp³-hybridized carbons (Fsp3) is 0.625. The van der Waals surface area contributed by atoms with Crippen molar-refractivity contribution in [3.63, 3.8) is 0 Å². The second kappa shape index (κ2) is 13.9. The number of hydrogen-bond donors (Lipinski definition) is 2. The minimum absolute atomic E-state index is 0.304. The van der Waals surface area contributed by atoms with Gasteiger partial charge < -0.3 is 10.6 Å². The lowest BCUT2D eigenvalue weighted by atomic mass is 9.49. The SMILES string of the molecule is CC(C)c1ccc2c(c1)CC[C@@H]1[C@](C)(CNCc3ccc(CNC[C@]4(C)CCC[C@]5(C)c6ccc(C(C)C)cc6CC[C@@H]45)cc3)CCC[C@@]21C. The van der Waals surface area contributed by atoms with Gasteiger partial charge in [-0.2, -0.15) is 0 Å². The highest BCUT2D eigenvalue weighted by atomic mass is 14.9. The van der Waals surface area contributed by atoms with Gasteiger partial charge in [-0.05, 0) is 141 Å². The average molecular weight is 673 g/mol. The molecule has 7 rings (SSSR count). The Balaban J connectivity index is 0.927. The summed E-state index contributed by atoms with van der Waals surface area (Å²) in [5.74, 6) is 2.69. The van der Waals surface area contributed by atoms with E-state index in [1.807, 2.05) is 0 Å². The van der Waals surface area contributed by atoms with Crippen LogP contribution in [0.4, 0.5) is 0 Å². The van der Waals surface area contributed by atoms with Gasteiger partial charge in [0.05, 0.1) is 0 Å². The molecule has 0 unspecified atom stereocenters. The Kier molecular flexibility index (Phi) is 9.96. The van der Waals surface area contributed by atoms with E-state index in [0.717, 1.165) is 38.0 Å². The van der Waals surface area contributed by atoms with Crippen LogP contribution in [-0.2, 0) is 36.8 Å². The van der Waals surface area contributed by atoms with E-state index in [1.165, 1.54) is 86.5 Å². The summed E-state index contributed by atoms with van der Waals surface area (Å²) in [5.41, 5.74) is 13.7. The summed E-state index contributed by atoms with van der Waals surface area (Å²) in [7, 11) is 0. The van der Waals surface area contributed by atoms with Crippen molar-refractivity contribution in [3.05, 3.63) is 105 Å². The normalized spacial score (nSPS) is 32.0. The van der Waals surface area contributed by atoms with Gasteiger partial charge >= 0.3 is 0 Å². The maximum absolute atomic E-state index is 3.95. The maximum Gasteiger partial charge on any atom is 0.0205 e. The first-order chi connectivity index (χ1) is 23.8. The van der Waals surface area contributed by atoms with Gasteiger partial charge in [-0.1, -0.05) is 129 Å². The third-order valence-corrected chi connectivity index (χ3v) is 15.1. The third kappa shape index (κ3) is 6.55. The lowest BCUT2D eigenvalue weighted by molar-refractivity contribution is 0.0255. The quantitative estimate of drug-likeness (QED) is 0.224. The number of aryl methyl sites for hydroxylation is 2. The van der Waals surface area contributed by atoms with Gasteiger partial charge in [0.2, 0.25) is 0 Å². The minimum atomic E-state index is 0.304. The Morgan fingerprint density at radius 2 is 0.960 bits per heavy atom. The van der Waals surface area contributed by atoms with Crippen molar-refractivity contribution < 1.29 is 0 Å². The fourth-order valence-electron chi connectivity index (χ4n) is 12.2. The Labute approximate surface area is 306 Å². The second-order valence-electron chi connectivity index (χ2n) is 19.2. The molecule has 0 amide bonds. The summed E-state index contributed by atoms with van der Waals surface area (Å²) in [6.45, 7) is 23.8. The highest BCUT2D eigenvalue weighted by Crippen LogP contribution is 2.58. The number of benzene rings is 3. The van der Waals surface area contributed by atoms with E-state index in [9.17, 15) is 0 Å². The lowest BCUT2D eigenvalue weighted by Crippen LogP contribution is -2.52. The molecule has 0 spiro atoms. The average Bonchev–Trinajstić information content (AvgIpc) is 3.08. The molecule has 2 saturated carbocycles. The third-order valence-electron chi connectivity index (χ3n) is 15.1. The number of hydrogen-bond acceptors (Lipinski definition) is 2. The topological polar surface area (TPSA) is 24.1 Å². The Bertz CT molecular complexity index is 1530. The van der Waals surface area contributed by atoms with Crippen LogP contribution < -0.4 is 10.6 Å². The molecule has 6 atom stereocenters. The van der Waals surface area contributed by atoms with E-state index in [2.05, 4.69) is 127 Å². The molecule has 0 saturated heterocycles. The summed E-state index contributed by atoms with van der Waals surface area (Å²) in [5, 5.41) is 7.90. The summed E-state index contributed by atoms with van der Waals surface area (Å²) < 4.78 is 0. The molecule has 3 aromatic carbocycles. The molecule has 0 aliphatic heterocycles. The van der Waals surface area contributed by atoms with Gasteiger partial charge in [-0.15, -0.1) is 0 Å². The van der Waals surface area contributed by atoms with Crippen molar-refractivity contribution >= 4 is 0 Å². The smallest absolute Gasteiger partial charge is 0.0205 e. The van der Waals surface area contributed by atoms with Crippen LogP contribution in [0.2, 0.25) is 0 Å². The standard InChI is InChI=1S/C48H68N2/c1-33(2)37-15-19-41-39(27-37)17-21-43-45(5,23-9-25-47(41,43)7)31-49-29-35-11-13-36(14-12-35)30-50-32-46(6)24-10-26-48(8)42-20-16-38(34(3)4)28-40(42)18-22-44(46)48/h11-16,19-20,27-28,33-34,43-44,49-50H,9-10,17-18,21-26,29-32H2,1-8H3/t43-,44+,45-,46-,47+,48-/m0/s1. The molecule has 0 bridgehead atoms. The van der Waals surface area contributed by atoms with Gasteiger partial charge in [-0.25, -0.2) is 0 Å². The zero-order valence-corrected chi connectivity index (χ0v) is 33.0. The Hall–Kier alpha value is -2.42. The molecule has 4 aliphatic carbocycles. The lowest BCUT2D eigenvalue weighted by Gasteiger charge is -2.56. The molecular formula is C48H68N2. The Morgan fingerprint density at radius 1 is 0.560 bits per heavy atom. The van der Waals surface area contributed by atoms with Crippen molar-refractivity contribution in [2.75, 3.05) is 13.1 Å². The van der Waals surface area contributed by atoms with Gasteiger partial charge in [0.1, 0.15) is 0 Å². The molecule has 2 nitrogen and oxygen atoms in total. The van der Waals surface area contributed by atoms with Gasteiger partial charge in [0, 0.05) is 26.2 Å². The van der Waals surface area contributed by atoms with E-state index < -0.39 is 0 Å². The zero-order chi connectivity index (χ0) is 35.3. The second-order valence-corrected chi connectivity index (χ2v) is 19.2. The van der Waals surface area contributed by atoms with Crippen LogP contribution in [0.3, 0.4) is 0 Å². The summed E-state index contributed by atoms with van der Waals surface area (Å²) in [6.07, 6.45) is 13.2. The number of rotatable bonds is 10. The van der Waals surface area contributed by atoms with Crippen LogP contribution in [0.25, 0.3) is 0 Å². The van der Waals surface area contributed by atoms with Crippen LogP contribution in [0.1, 0.15) is 163 Å². The molecule has 50 heavy (non-hydrogen) atoms. The van der Waals surface area contributed by atoms with Crippen molar-refractivity contribution in [3.8, 4) is 0 Å². The monoisotopic (exact) mass is 673 g/mol. The molecular weight excluding hydrogens is 605 g/mol. The molecule has 2 fully saturated rings. The molecule has 3 aromatic rings. The first kappa shape index (κ1) is 36.0. The van der Waals surface area contributed by atoms with E-state index >= 15 is 0 Å². The maximum atomic E-state index is 3.95. The van der Waals surface area contributed by atoms with Gasteiger partial charge in [0.15, 0.2) is 0 Å². The predicted molar refractivity (Wildman–Crippen MR) is 213 cm³/mol. The molecule has 0 radical (unpaired) electrons. The van der Waals surface area contributed by atoms with E-state index in [-0.39, 0.29) is 0 Å². The largest absolute Gasteiger partial charge is 0.312 e. The molecule has 0 aromatic heterocycles. The molecule has 2 heteroatoms. The fourth-order valence-corrected chi connectivity index (χ4v) is 12.2. The Morgan fingerprint density at radius 3 is 1.34 bits per heavy atom. The van der Waals surface area contributed by atoms with E-state index in [1.54, 1.807) is 22.3 Å². The molecule has 4 aliphatic rings. The number of fused-ring (bicyclic) bond motifs is 6. The highest BCUT2D eigenvalue weighted by molar-refractivity contribution is 5.43. The highest BCUT2D eigenvalue weighted by Gasteiger charge is 2.52. The van der Waals surface area contributed by atoms with Crippen LogP contribution in [0, 0.1) is 22.7 Å². The van der Waals surface area contributed by atoms with Gasteiger partial charge in [-0.3, -0.25) is 0 Å². The molecule has 2 N–H and O–H groups in total.